The quantitative estimate of drug-likeness (QED) is 0.756. The van der Waals surface area contributed by atoms with Crippen LogP contribution in [0.3, 0.4) is 0 Å². The topological polar surface area (TPSA) is 88.1 Å². The fourth-order valence-corrected chi connectivity index (χ4v) is 5.65. The number of hydrogen-bond donors (Lipinski definition) is 1. The lowest BCUT2D eigenvalue weighted by atomic mass is 9.82. The molecular weight excluding hydrogens is 354 g/mol. The molecule has 3 aliphatic rings. The third-order valence-electron chi connectivity index (χ3n) is 5.55. The van der Waals surface area contributed by atoms with Gasteiger partial charge in [-0.15, -0.1) is 0 Å². The molecule has 1 aliphatic heterocycles. The summed E-state index contributed by atoms with van der Waals surface area (Å²) in [5.41, 5.74) is -0.280. The van der Waals surface area contributed by atoms with Crippen molar-refractivity contribution < 1.29 is 17.9 Å². The molecule has 0 aromatic heterocycles. The van der Waals surface area contributed by atoms with E-state index in [1.54, 1.807) is 4.90 Å². The predicted molar refractivity (Wildman–Crippen MR) is 100 cm³/mol. The van der Waals surface area contributed by atoms with Gasteiger partial charge in [-0.1, -0.05) is 13.8 Å². The number of carbonyl (C=O) groups excluding carboxylic acids is 1. The Hall–Kier alpha value is -1.15. The highest BCUT2D eigenvalue weighted by Crippen LogP contribution is 2.39. The molecule has 26 heavy (non-hydrogen) atoms. The van der Waals surface area contributed by atoms with Crippen LogP contribution in [0.5, 0.6) is 0 Å². The minimum atomic E-state index is -3.41. The zero-order valence-electron chi connectivity index (χ0n) is 16.2. The molecule has 8 heteroatoms. The molecule has 0 aromatic carbocycles. The second-order valence-electron chi connectivity index (χ2n) is 8.52. The normalized spacial score (nSPS) is 30.8. The van der Waals surface area contributed by atoms with E-state index in [0.717, 1.165) is 12.8 Å². The second-order valence-corrected chi connectivity index (χ2v) is 10.5. The zero-order valence-corrected chi connectivity index (χ0v) is 17.0. The Kier molecular flexibility index (Phi) is 5.36. The molecule has 0 bridgehead atoms. The van der Waals surface area contributed by atoms with E-state index in [2.05, 4.69) is 9.71 Å². The smallest absolute Gasteiger partial charge is 0.294 e. The van der Waals surface area contributed by atoms with Gasteiger partial charge in [-0.2, -0.15) is 0 Å². The summed E-state index contributed by atoms with van der Waals surface area (Å²) in [5, 5.41) is -0.517. The van der Waals surface area contributed by atoms with Crippen molar-refractivity contribution in [1.82, 2.24) is 9.62 Å². The van der Waals surface area contributed by atoms with Crippen LogP contribution in [0.2, 0.25) is 0 Å². The summed E-state index contributed by atoms with van der Waals surface area (Å²) >= 11 is 0. The minimum Gasteiger partial charge on any atom is -0.465 e. The molecular formula is C18H31N3O4S. The zero-order chi connectivity index (χ0) is 19.1. The van der Waals surface area contributed by atoms with Crippen LogP contribution < -0.4 is 4.72 Å². The summed E-state index contributed by atoms with van der Waals surface area (Å²) in [6.07, 6.45) is 3.24. The number of carbonyl (C=O) groups is 1. The highest BCUT2D eigenvalue weighted by Gasteiger charge is 2.48. The number of nitrogens with one attached hydrogen (secondary N) is 1. The van der Waals surface area contributed by atoms with Crippen LogP contribution in [-0.4, -0.2) is 55.2 Å². The second kappa shape index (κ2) is 7.11. The van der Waals surface area contributed by atoms with Crippen LogP contribution in [0.25, 0.3) is 0 Å². The van der Waals surface area contributed by atoms with Gasteiger partial charge in [-0.3, -0.25) is 9.69 Å². The number of ether oxygens (including phenoxy) is 1. The Bertz CT molecular complexity index is 685. The molecule has 2 saturated carbocycles. The van der Waals surface area contributed by atoms with Gasteiger partial charge >= 0.3 is 0 Å². The first-order chi connectivity index (χ1) is 12.1. The molecule has 2 fully saturated rings. The molecule has 1 N–H and O–H groups in total. The standard InChI is InChI=1S/C18H31N3O4S/c1-5-21-16(22)14-10-13(26(23,24)20-18(4)8-9-18)6-7-15(14)19-17(21)25-11-12(2)3/h12-15,20H,5-11H2,1-4H3. The number of aliphatic imine (C=N–C) groups is 1. The van der Waals surface area contributed by atoms with E-state index < -0.39 is 15.3 Å². The van der Waals surface area contributed by atoms with Gasteiger partial charge in [-0.25, -0.2) is 18.1 Å². The molecule has 3 rings (SSSR count). The van der Waals surface area contributed by atoms with E-state index in [4.69, 9.17) is 4.74 Å². The molecule has 0 radical (unpaired) electrons. The fourth-order valence-electron chi connectivity index (χ4n) is 3.69. The van der Waals surface area contributed by atoms with Crippen LogP contribution in [0.15, 0.2) is 4.99 Å². The van der Waals surface area contributed by atoms with Gasteiger partial charge in [0.25, 0.3) is 6.02 Å². The van der Waals surface area contributed by atoms with Crippen molar-refractivity contribution in [2.24, 2.45) is 16.8 Å². The number of hydrogen-bond acceptors (Lipinski definition) is 5. The highest BCUT2D eigenvalue weighted by molar-refractivity contribution is 7.90. The number of rotatable bonds is 6. The molecule has 1 heterocycles. The molecule has 3 unspecified atom stereocenters. The van der Waals surface area contributed by atoms with Crippen molar-refractivity contribution in [2.75, 3.05) is 13.2 Å². The number of sulfonamides is 1. The third-order valence-corrected chi connectivity index (χ3v) is 7.63. The molecule has 148 valence electrons. The van der Waals surface area contributed by atoms with Gasteiger partial charge in [0.15, 0.2) is 0 Å². The third kappa shape index (κ3) is 4.06. The maximum Gasteiger partial charge on any atom is 0.294 e. The summed E-state index contributed by atoms with van der Waals surface area (Å²) < 4.78 is 34.0. The van der Waals surface area contributed by atoms with Crippen molar-refractivity contribution >= 4 is 22.0 Å². The van der Waals surface area contributed by atoms with Gasteiger partial charge in [0.1, 0.15) is 0 Å². The van der Waals surface area contributed by atoms with E-state index in [1.807, 2.05) is 27.7 Å². The average molecular weight is 386 g/mol. The Labute approximate surface area is 156 Å². The van der Waals surface area contributed by atoms with Crippen LogP contribution in [0.4, 0.5) is 0 Å². The molecule has 1 amide bonds. The first-order valence-electron chi connectivity index (χ1n) is 9.70. The van der Waals surface area contributed by atoms with Gasteiger partial charge in [0.2, 0.25) is 15.9 Å². The summed E-state index contributed by atoms with van der Waals surface area (Å²) in [6.45, 7) is 8.91. The Morgan fingerprint density at radius 1 is 1.35 bits per heavy atom. The van der Waals surface area contributed by atoms with Crippen LogP contribution in [0.1, 0.15) is 59.8 Å². The molecule has 7 nitrogen and oxygen atoms in total. The Balaban J connectivity index is 1.74. The van der Waals surface area contributed by atoms with E-state index >= 15 is 0 Å². The molecule has 0 aromatic rings. The number of amidine groups is 1. The summed E-state index contributed by atoms with van der Waals surface area (Å²) in [7, 11) is -3.41. The highest BCUT2D eigenvalue weighted by atomic mass is 32.2. The van der Waals surface area contributed by atoms with E-state index in [-0.39, 0.29) is 23.4 Å². The largest absolute Gasteiger partial charge is 0.465 e. The van der Waals surface area contributed by atoms with Crippen molar-refractivity contribution in [1.29, 1.82) is 0 Å². The fraction of sp³-hybridized carbons (Fsp3) is 0.889. The van der Waals surface area contributed by atoms with Crippen LogP contribution in [0, 0.1) is 11.8 Å². The maximum atomic E-state index is 13.0. The first kappa shape index (κ1) is 19.6. The summed E-state index contributed by atoms with van der Waals surface area (Å²) in [4.78, 5) is 19.2. The number of fused-ring (bicyclic) bond motifs is 1. The Morgan fingerprint density at radius 2 is 2.04 bits per heavy atom. The molecule has 2 aliphatic carbocycles. The molecule has 0 spiro atoms. The van der Waals surface area contributed by atoms with Gasteiger partial charge in [0.05, 0.1) is 23.8 Å². The number of nitrogens with zero attached hydrogens (tertiary/aromatic N) is 2. The monoisotopic (exact) mass is 385 g/mol. The SMILES string of the molecule is CCN1C(=O)C2CC(S(=O)(=O)NC3(C)CC3)CCC2N=C1OCC(C)C. The lowest BCUT2D eigenvalue weighted by molar-refractivity contribution is -0.135. The van der Waals surface area contributed by atoms with E-state index in [9.17, 15) is 13.2 Å². The predicted octanol–water partition coefficient (Wildman–Crippen LogP) is 1.89. The first-order valence-corrected chi connectivity index (χ1v) is 11.2. The van der Waals surface area contributed by atoms with Crippen molar-refractivity contribution in [2.45, 2.75) is 76.6 Å². The van der Waals surface area contributed by atoms with E-state index in [1.165, 1.54) is 0 Å². The molecule has 3 atom stereocenters. The minimum absolute atomic E-state index is 0.0520. The summed E-state index contributed by atoms with van der Waals surface area (Å²) in [6, 6.07) is 0.229. The lowest BCUT2D eigenvalue weighted by Gasteiger charge is -2.40. The Morgan fingerprint density at radius 3 is 2.62 bits per heavy atom. The van der Waals surface area contributed by atoms with Gasteiger partial charge in [-0.05, 0) is 51.9 Å². The van der Waals surface area contributed by atoms with Gasteiger partial charge in [0, 0.05) is 12.1 Å². The van der Waals surface area contributed by atoms with Crippen molar-refractivity contribution in [3.05, 3.63) is 0 Å². The van der Waals surface area contributed by atoms with Crippen molar-refractivity contribution in [3.8, 4) is 0 Å². The summed E-state index contributed by atoms with van der Waals surface area (Å²) in [5.74, 6) is -0.0764. The van der Waals surface area contributed by atoms with Crippen LogP contribution >= 0.6 is 0 Å². The molecule has 0 saturated heterocycles. The van der Waals surface area contributed by atoms with Crippen molar-refractivity contribution in [3.63, 3.8) is 0 Å². The average Bonchev–Trinajstić information content (AvgIpc) is 3.28. The van der Waals surface area contributed by atoms with Crippen LogP contribution in [-0.2, 0) is 19.6 Å². The van der Waals surface area contributed by atoms with Gasteiger partial charge < -0.3 is 4.74 Å². The lowest BCUT2D eigenvalue weighted by Crippen LogP contribution is -2.54. The number of amides is 1. The maximum absolute atomic E-state index is 13.0. The van der Waals surface area contributed by atoms with E-state index in [0.29, 0.717) is 44.4 Å².